The van der Waals surface area contributed by atoms with Crippen LogP contribution in [-0.2, 0) is 112 Å². The smallest absolute Gasteiger partial charge is 0.338 e. The van der Waals surface area contributed by atoms with Crippen LogP contribution in [0.5, 0.6) is 0 Å². The molecule has 0 radical (unpaired) electrons. The van der Waals surface area contributed by atoms with Crippen LogP contribution in [0.15, 0.2) is 243 Å². The molecule has 3 fully saturated rings. The minimum Gasteiger partial charge on any atom is -0.459 e. The van der Waals surface area contributed by atoms with Gasteiger partial charge in [-0.3, -0.25) is 9.59 Å². The number of ether oxygens (including phenoxy) is 16. The van der Waals surface area contributed by atoms with E-state index < -0.39 is 141 Å². The SMILES string of the molecule is COC1OC(COC2OC(COC(=O)c3ccccc3)C(OC(=O)c3ccccc3)C(OC(=O)c3ccccc3)C2OC(=O)c2ccccc2)C(OC(C)=O)C(OC2OC(COCc3ccccc3)C(OCc3ccccc3)C(OCc3ccccc3)C2OCc2ccccc2)C1OC(C)=O. The molecule has 0 aromatic heterocycles. The normalized spacial score (nSPS) is 24.8. The van der Waals surface area contributed by atoms with E-state index in [9.17, 15) is 28.8 Å². The molecule has 0 saturated carbocycles. The van der Waals surface area contributed by atoms with Gasteiger partial charge in [0.15, 0.2) is 49.4 Å². The Kier molecular flexibility index (Phi) is 26.2. The molecule has 0 amide bonds. The molecular weight excluding hydrogens is 1300 g/mol. The van der Waals surface area contributed by atoms with Gasteiger partial charge in [-0.25, -0.2) is 19.2 Å². The van der Waals surface area contributed by atoms with E-state index in [-0.39, 0.29) is 55.3 Å². The highest BCUT2D eigenvalue weighted by Crippen LogP contribution is 2.38. The molecule has 101 heavy (non-hydrogen) atoms. The van der Waals surface area contributed by atoms with Crippen LogP contribution in [-0.4, -0.2) is 155 Å². The van der Waals surface area contributed by atoms with Gasteiger partial charge in [-0.1, -0.05) is 194 Å². The molecule has 15 unspecified atom stereocenters. The van der Waals surface area contributed by atoms with Crippen molar-refractivity contribution in [2.75, 3.05) is 26.9 Å². The van der Waals surface area contributed by atoms with Crippen LogP contribution in [0.25, 0.3) is 0 Å². The van der Waals surface area contributed by atoms with Gasteiger partial charge in [0.05, 0.1) is 61.9 Å². The predicted octanol–water partition coefficient (Wildman–Crippen LogP) is 10.6. The van der Waals surface area contributed by atoms with Gasteiger partial charge >= 0.3 is 35.8 Å². The maximum absolute atomic E-state index is 14.6. The molecule has 0 spiro atoms. The summed E-state index contributed by atoms with van der Waals surface area (Å²) in [7, 11) is 1.29. The average Bonchev–Trinajstić information content (AvgIpc) is 0.780. The van der Waals surface area contributed by atoms with E-state index in [2.05, 4.69) is 0 Å². The maximum Gasteiger partial charge on any atom is 0.338 e. The summed E-state index contributed by atoms with van der Waals surface area (Å²) in [6.07, 6.45) is -22.5. The zero-order chi connectivity index (χ0) is 70.3. The van der Waals surface area contributed by atoms with E-state index in [4.69, 9.17) is 75.8 Å². The second kappa shape index (κ2) is 36.5. The summed E-state index contributed by atoms with van der Waals surface area (Å²) in [5, 5.41) is 0. The van der Waals surface area contributed by atoms with Crippen LogP contribution in [0.2, 0.25) is 0 Å². The van der Waals surface area contributed by atoms with Crippen LogP contribution in [0, 0.1) is 0 Å². The van der Waals surface area contributed by atoms with E-state index in [0.717, 1.165) is 29.2 Å². The number of hydrogen-bond donors (Lipinski definition) is 0. The number of hydrogen-bond acceptors (Lipinski definition) is 22. The number of carbonyl (C=O) groups is 6. The number of carbonyl (C=O) groups excluding carboxylic acids is 6. The van der Waals surface area contributed by atoms with Crippen LogP contribution in [0.1, 0.15) is 77.5 Å². The van der Waals surface area contributed by atoms with Crippen molar-refractivity contribution in [2.45, 2.75) is 132 Å². The molecule has 22 nitrogen and oxygen atoms in total. The highest BCUT2D eigenvalue weighted by atomic mass is 16.8. The Hall–Kier alpha value is -9.82. The fourth-order valence-corrected chi connectivity index (χ4v) is 11.9. The van der Waals surface area contributed by atoms with Crippen molar-refractivity contribution in [1.82, 2.24) is 0 Å². The Labute approximate surface area is 584 Å². The molecule has 8 aromatic carbocycles. The van der Waals surface area contributed by atoms with Crippen molar-refractivity contribution < 1.29 is 105 Å². The van der Waals surface area contributed by atoms with E-state index >= 15 is 0 Å². The molecule has 15 atom stereocenters. The zero-order valence-corrected chi connectivity index (χ0v) is 55.7. The molecule has 3 saturated heterocycles. The van der Waals surface area contributed by atoms with Gasteiger partial charge in [0, 0.05) is 21.0 Å². The topological polar surface area (TPSA) is 250 Å². The third kappa shape index (κ3) is 20.0. The van der Waals surface area contributed by atoms with Crippen LogP contribution in [0.3, 0.4) is 0 Å². The van der Waals surface area contributed by atoms with Crippen molar-refractivity contribution >= 4 is 35.8 Å². The molecule has 0 aliphatic carbocycles. The number of methoxy groups -OCH3 is 1. The van der Waals surface area contributed by atoms with Crippen molar-refractivity contribution in [2.24, 2.45) is 0 Å². The second-order valence-electron chi connectivity index (χ2n) is 23.9. The summed E-state index contributed by atoms with van der Waals surface area (Å²) < 4.78 is 105. The van der Waals surface area contributed by atoms with Gasteiger partial charge in [-0.2, -0.15) is 0 Å². The minimum absolute atomic E-state index is 0.00991. The first kappa shape index (κ1) is 72.4. The predicted molar refractivity (Wildman–Crippen MR) is 360 cm³/mol. The van der Waals surface area contributed by atoms with E-state index in [1.807, 2.05) is 121 Å². The van der Waals surface area contributed by atoms with E-state index in [0.29, 0.717) is 0 Å². The number of benzene rings is 8. The summed E-state index contributed by atoms with van der Waals surface area (Å²) in [5.74, 6) is -5.31. The van der Waals surface area contributed by atoms with Crippen molar-refractivity contribution in [3.8, 4) is 0 Å². The van der Waals surface area contributed by atoms with Crippen LogP contribution in [0.4, 0.5) is 0 Å². The Balaban J connectivity index is 0.988. The molecule has 11 rings (SSSR count). The molecule has 3 heterocycles. The van der Waals surface area contributed by atoms with E-state index in [1.54, 1.807) is 72.8 Å². The van der Waals surface area contributed by atoms with Crippen molar-refractivity contribution in [3.63, 3.8) is 0 Å². The maximum atomic E-state index is 14.6. The Morgan fingerprint density at radius 2 is 0.634 bits per heavy atom. The lowest BCUT2D eigenvalue weighted by Gasteiger charge is -2.50. The molecular formula is C79H78O22. The highest BCUT2D eigenvalue weighted by Gasteiger charge is 2.58. The average molecular weight is 1380 g/mol. The van der Waals surface area contributed by atoms with Gasteiger partial charge in [-0.15, -0.1) is 0 Å². The molecule has 0 bridgehead atoms. The van der Waals surface area contributed by atoms with Crippen LogP contribution < -0.4 is 0 Å². The molecule has 3 aliphatic rings. The van der Waals surface area contributed by atoms with Gasteiger partial charge in [0.25, 0.3) is 0 Å². The summed E-state index contributed by atoms with van der Waals surface area (Å²) in [6.45, 7) is 1.18. The molecule has 0 N–H and O–H groups in total. The Morgan fingerprint density at radius 1 is 0.297 bits per heavy atom. The standard InChI is InChI=1S/C79H78O22/c1-51(80)93-65-63(50-92-78-72(100-76(85)60-42-26-11-27-43-60)68(99-75(84)59-40-24-10-25-41-59)66(98-74(83)58-38-22-9-23-39-58)62(96-78)49-91-73(82)57-36-20-8-21-37-57)95-77(86-3)71(94-52(2)81)69(65)101-79-70(90-47-56-34-18-7-19-35-56)67(89-46-55-32-16-6-17-33-55)64(88-45-54-30-14-5-15-31-54)61(97-79)48-87-44-53-28-12-4-13-29-53/h4-43,61-72,77-79H,44-50H2,1-3H3. The molecule has 526 valence electrons. The lowest BCUT2D eigenvalue weighted by Crippen LogP contribution is -2.67. The van der Waals surface area contributed by atoms with Crippen LogP contribution >= 0.6 is 0 Å². The minimum atomic E-state index is -1.87. The fourth-order valence-electron chi connectivity index (χ4n) is 11.9. The lowest BCUT2D eigenvalue weighted by atomic mass is 9.95. The number of rotatable bonds is 30. The van der Waals surface area contributed by atoms with Gasteiger partial charge in [-0.05, 0) is 70.8 Å². The third-order valence-corrected chi connectivity index (χ3v) is 16.7. The zero-order valence-electron chi connectivity index (χ0n) is 55.7. The first-order valence-electron chi connectivity index (χ1n) is 33.0. The summed E-state index contributed by atoms with van der Waals surface area (Å²) in [6, 6.07) is 69.7. The monoisotopic (exact) mass is 1380 g/mol. The summed E-state index contributed by atoms with van der Waals surface area (Å²) in [5.41, 5.74) is 3.65. The van der Waals surface area contributed by atoms with Crippen molar-refractivity contribution in [1.29, 1.82) is 0 Å². The Morgan fingerprint density at radius 3 is 1.09 bits per heavy atom. The fraction of sp³-hybridized carbons (Fsp3) is 0.316. The number of esters is 6. The summed E-state index contributed by atoms with van der Waals surface area (Å²) >= 11 is 0. The van der Waals surface area contributed by atoms with E-state index in [1.165, 1.54) is 62.6 Å². The Bertz CT molecular complexity index is 3880. The molecule has 3 aliphatic heterocycles. The second-order valence-corrected chi connectivity index (χ2v) is 23.9. The summed E-state index contributed by atoms with van der Waals surface area (Å²) in [4.78, 5) is 84.7. The quantitative estimate of drug-likeness (QED) is 0.0300. The third-order valence-electron chi connectivity index (χ3n) is 16.7. The first-order chi connectivity index (χ1) is 49.3. The highest BCUT2D eigenvalue weighted by molar-refractivity contribution is 5.91. The lowest BCUT2D eigenvalue weighted by molar-refractivity contribution is -0.373. The van der Waals surface area contributed by atoms with Crippen molar-refractivity contribution in [3.05, 3.63) is 287 Å². The first-order valence-corrected chi connectivity index (χ1v) is 33.0. The molecule has 8 aromatic rings. The largest absolute Gasteiger partial charge is 0.459 e. The van der Waals surface area contributed by atoms with Gasteiger partial charge < -0.3 is 75.8 Å². The molecule has 22 heteroatoms. The van der Waals surface area contributed by atoms with Gasteiger partial charge in [0.1, 0.15) is 49.3 Å². The van der Waals surface area contributed by atoms with Gasteiger partial charge in [0.2, 0.25) is 0 Å².